The van der Waals surface area contributed by atoms with Gasteiger partial charge in [0, 0.05) is 10.6 Å². The first-order valence-corrected chi connectivity index (χ1v) is 8.82. The smallest absolute Gasteiger partial charge is 0.275 e. The van der Waals surface area contributed by atoms with Gasteiger partial charge in [-0.1, -0.05) is 35.9 Å². The van der Waals surface area contributed by atoms with E-state index in [9.17, 15) is 4.79 Å². The van der Waals surface area contributed by atoms with Crippen molar-refractivity contribution in [2.45, 2.75) is 6.92 Å². The summed E-state index contributed by atoms with van der Waals surface area (Å²) in [6, 6.07) is 16.6. The molecule has 0 aliphatic rings. The fourth-order valence-electron chi connectivity index (χ4n) is 2.69. The lowest BCUT2D eigenvalue weighted by molar-refractivity contribution is 0.0952. The van der Waals surface area contributed by atoms with Crippen molar-refractivity contribution in [3.05, 3.63) is 70.7 Å². The van der Waals surface area contributed by atoms with Gasteiger partial charge in [-0.25, -0.2) is 5.43 Å². The normalized spacial score (nSPS) is 10.9. The number of fused-ring (bicyclic) bond motifs is 1. The highest BCUT2D eigenvalue weighted by Crippen LogP contribution is 2.26. The number of nitrogens with zero attached hydrogens (tertiary/aromatic N) is 1. The molecule has 1 amide bonds. The summed E-state index contributed by atoms with van der Waals surface area (Å²) >= 11 is 6.03. The van der Waals surface area contributed by atoms with E-state index in [-0.39, 0.29) is 5.91 Å². The number of nitrogens with one attached hydrogen (secondary N) is 1. The third-order valence-corrected chi connectivity index (χ3v) is 4.19. The van der Waals surface area contributed by atoms with Crippen LogP contribution in [0.2, 0.25) is 5.02 Å². The van der Waals surface area contributed by atoms with Crippen LogP contribution in [-0.2, 0) is 0 Å². The molecule has 0 saturated heterocycles. The zero-order chi connectivity index (χ0) is 19.2. The third-order valence-electron chi connectivity index (χ3n) is 3.95. The van der Waals surface area contributed by atoms with E-state index < -0.39 is 0 Å². The van der Waals surface area contributed by atoms with E-state index in [1.165, 1.54) is 13.3 Å². The van der Waals surface area contributed by atoms with Gasteiger partial charge in [-0.3, -0.25) is 4.79 Å². The van der Waals surface area contributed by atoms with E-state index in [0.717, 1.165) is 10.8 Å². The number of rotatable bonds is 6. The highest BCUT2D eigenvalue weighted by Gasteiger charge is 2.13. The Hall–Kier alpha value is -3.05. The molecule has 0 aromatic heterocycles. The summed E-state index contributed by atoms with van der Waals surface area (Å²) in [5.41, 5.74) is 3.61. The van der Waals surface area contributed by atoms with E-state index in [2.05, 4.69) is 10.5 Å². The number of hydrogen-bond acceptors (Lipinski definition) is 4. The van der Waals surface area contributed by atoms with Crippen LogP contribution in [-0.4, -0.2) is 25.8 Å². The molecule has 0 aliphatic carbocycles. The highest BCUT2D eigenvalue weighted by atomic mass is 35.5. The summed E-state index contributed by atoms with van der Waals surface area (Å²) in [6.07, 6.45) is 1.50. The maximum Gasteiger partial charge on any atom is 0.275 e. The number of methoxy groups -OCH3 is 1. The molecule has 138 valence electrons. The van der Waals surface area contributed by atoms with Gasteiger partial charge >= 0.3 is 0 Å². The predicted molar refractivity (Wildman–Crippen MR) is 108 cm³/mol. The molecule has 3 rings (SSSR count). The quantitative estimate of drug-likeness (QED) is 0.498. The topological polar surface area (TPSA) is 59.9 Å². The Bertz CT molecular complexity index is 1000. The zero-order valence-corrected chi connectivity index (χ0v) is 15.8. The second-order valence-corrected chi connectivity index (χ2v) is 6.15. The van der Waals surface area contributed by atoms with Crippen molar-refractivity contribution in [2.75, 3.05) is 13.7 Å². The van der Waals surface area contributed by atoms with Crippen LogP contribution in [0.3, 0.4) is 0 Å². The Morgan fingerprint density at radius 1 is 1.11 bits per heavy atom. The molecule has 0 saturated carbocycles. The predicted octanol–water partition coefficient (Wildman–Crippen LogP) is 4.66. The lowest BCUT2D eigenvalue weighted by atomic mass is 10.1. The van der Waals surface area contributed by atoms with Crippen molar-refractivity contribution in [3.8, 4) is 11.5 Å². The summed E-state index contributed by atoms with van der Waals surface area (Å²) < 4.78 is 10.9. The van der Waals surface area contributed by atoms with Gasteiger partial charge in [-0.15, -0.1) is 0 Å². The lowest BCUT2D eigenvalue weighted by Crippen LogP contribution is -2.18. The van der Waals surface area contributed by atoms with E-state index in [0.29, 0.717) is 34.3 Å². The van der Waals surface area contributed by atoms with Crippen LogP contribution < -0.4 is 14.9 Å². The highest BCUT2D eigenvalue weighted by molar-refractivity contribution is 6.30. The van der Waals surface area contributed by atoms with Gasteiger partial charge in [-0.05, 0) is 48.0 Å². The lowest BCUT2D eigenvalue weighted by Gasteiger charge is -2.09. The van der Waals surface area contributed by atoms with E-state index in [4.69, 9.17) is 21.1 Å². The Morgan fingerprint density at radius 3 is 2.56 bits per heavy atom. The average Bonchev–Trinajstić information content (AvgIpc) is 2.68. The average molecular weight is 383 g/mol. The first-order valence-electron chi connectivity index (χ1n) is 8.45. The Morgan fingerprint density at radius 2 is 1.85 bits per heavy atom. The maximum absolute atomic E-state index is 12.6. The molecule has 3 aromatic carbocycles. The van der Waals surface area contributed by atoms with Gasteiger partial charge in [0.1, 0.15) is 11.5 Å². The first-order chi connectivity index (χ1) is 13.1. The second kappa shape index (κ2) is 8.56. The minimum Gasteiger partial charge on any atom is -0.496 e. The van der Waals surface area contributed by atoms with Crippen LogP contribution in [0.5, 0.6) is 11.5 Å². The minimum absolute atomic E-state index is 0.367. The number of hydrogen-bond donors (Lipinski definition) is 1. The van der Waals surface area contributed by atoms with Crippen molar-refractivity contribution in [1.29, 1.82) is 0 Å². The third kappa shape index (κ3) is 4.38. The van der Waals surface area contributed by atoms with Gasteiger partial charge in [-0.2, -0.15) is 5.10 Å². The summed E-state index contributed by atoms with van der Waals surface area (Å²) in [5, 5.41) is 6.54. The molecule has 0 radical (unpaired) electrons. The molecule has 3 aromatic rings. The molecule has 0 atom stereocenters. The van der Waals surface area contributed by atoms with Crippen LogP contribution in [0, 0.1) is 0 Å². The number of benzene rings is 3. The SMILES string of the molecule is CCOc1ccc(Cl)cc1/C=N/NC(=O)c1cc2ccccc2cc1OC. The number of halogens is 1. The summed E-state index contributed by atoms with van der Waals surface area (Å²) in [5.74, 6) is 0.760. The Labute approximate surface area is 162 Å². The molecular weight excluding hydrogens is 364 g/mol. The molecule has 6 heteroatoms. The molecule has 0 bridgehead atoms. The van der Waals surface area contributed by atoms with Gasteiger partial charge in [0.05, 0.1) is 25.5 Å². The van der Waals surface area contributed by atoms with Gasteiger partial charge in [0.25, 0.3) is 5.91 Å². The molecule has 1 N–H and O–H groups in total. The van der Waals surface area contributed by atoms with Crippen molar-refractivity contribution in [1.82, 2.24) is 5.43 Å². The molecule has 27 heavy (non-hydrogen) atoms. The van der Waals surface area contributed by atoms with E-state index in [1.807, 2.05) is 37.3 Å². The van der Waals surface area contributed by atoms with Crippen molar-refractivity contribution >= 4 is 34.5 Å². The summed E-state index contributed by atoms with van der Waals surface area (Å²) in [7, 11) is 1.53. The monoisotopic (exact) mass is 382 g/mol. The molecule has 0 fully saturated rings. The van der Waals surface area contributed by atoms with Gasteiger partial charge in [0.2, 0.25) is 0 Å². The number of carbonyl (C=O) groups excluding carboxylic acids is 1. The van der Waals surface area contributed by atoms with Crippen LogP contribution in [0.1, 0.15) is 22.8 Å². The van der Waals surface area contributed by atoms with E-state index in [1.54, 1.807) is 24.3 Å². The van der Waals surface area contributed by atoms with Crippen LogP contribution in [0.4, 0.5) is 0 Å². The first kappa shape index (κ1) is 18.7. The summed E-state index contributed by atoms with van der Waals surface area (Å²) in [6.45, 7) is 2.41. The van der Waals surface area contributed by atoms with Gasteiger partial charge < -0.3 is 9.47 Å². The van der Waals surface area contributed by atoms with Crippen LogP contribution in [0.15, 0.2) is 59.7 Å². The molecule has 0 unspecified atom stereocenters. The molecule has 0 spiro atoms. The fourth-order valence-corrected chi connectivity index (χ4v) is 2.87. The molecule has 0 heterocycles. The number of ether oxygens (including phenoxy) is 2. The zero-order valence-electron chi connectivity index (χ0n) is 15.0. The molecular formula is C21H19ClN2O3. The number of carbonyl (C=O) groups is 1. The van der Waals surface area contributed by atoms with Crippen molar-refractivity contribution in [3.63, 3.8) is 0 Å². The fraction of sp³-hybridized carbons (Fsp3) is 0.143. The summed E-state index contributed by atoms with van der Waals surface area (Å²) in [4.78, 5) is 12.6. The maximum atomic E-state index is 12.6. The van der Waals surface area contributed by atoms with Crippen LogP contribution >= 0.6 is 11.6 Å². The van der Waals surface area contributed by atoms with Crippen molar-refractivity contribution < 1.29 is 14.3 Å². The van der Waals surface area contributed by atoms with Crippen molar-refractivity contribution in [2.24, 2.45) is 5.10 Å². The van der Waals surface area contributed by atoms with Crippen LogP contribution in [0.25, 0.3) is 10.8 Å². The molecule has 0 aliphatic heterocycles. The largest absolute Gasteiger partial charge is 0.496 e. The second-order valence-electron chi connectivity index (χ2n) is 5.71. The number of amides is 1. The number of hydrazone groups is 1. The molecule has 5 nitrogen and oxygen atoms in total. The standard InChI is InChI=1S/C21H19ClN2O3/c1-3-27-19-9-8-17(22)10-16(19)13-23-24-21(25)18-11-14-6-4-5-7-15(14)12-20(18)26-2/h4-13H,3H2,1-2H3,(H,24,25)/b23-13+. The Balaban J connectivity index is 1.83. The van der Waals surface area contributed by atoms with E-state index >= 15 is 0 Å². The Kier molecular flexibility index (Phi) is 5.94. The van der Waals surface area contributed by atoms with Gasteiger partial charge in [0.15, 0.2) is 0 Å². The minimum atomic E-state index is -0.367.